The first-order valence-electron chi connectivity index (χ1n) is 9.16. The maximum absolute atomic E-state index is 12.7. The molecule has 8 heteroatoms. The molecular formula is C21H17ClN2O2S3. The Morgan fingerprint density at radius 3 is 2.59 bits per heavy atom. The highest BCUT2D eigenvalue weighted by Gasteiger charge is 2.18. The molecule has 0 saturated carbocycles. The minimum Gasteiger partial charge on any atom is -0.280 e. The summed E-state index contributed by atoms with van der Waals surface area (Å²) >= 11 is 9.26. The Balaban J connectivity index is 1.52. The van der Waals surface area contributed by atoms with Crippen LogP contribution in [0.2, 0.25) is 5.02 Å². The number of aromatic nitrogens is 1. The van der Waals surface area contributed by atoms with Gasteiger partial charge in [-0.1, -0.05) is 35.5 Å². The molecule has 148 valence electrons. The van der Waals surface area contributed by atoms with Crippen LogP contribution in [-0.2, 0) is 10.0 Å². The number of hydrogen-bond acceptors (Lipinski definition) is 5. The largest absolute Gasteiger partial charge is 0.280 e. The van der Waals surface area contributed by atoms with Crippen molar-refractivity contribution in [3.8, 4) is 0 Å². The Morgan fingerprint density at radius 1 is 1.07 bits per heavy atom. The van der Waals surface area contributed by atoms with Crippen molar-refractivity contribution in [1.29, 1.82) is 0 Å². The van der Waals surface area contributed by atoms with Crippen LogP contribution < -0.4 is 4.72 Å². The lowest BCUT2D eigenvalue weighted by Crippen LogP contribution is -2.13. The van der Waals surface area contributed by atoms with E-state index >= 15 is 0 Å². The molecule has 1 heterocycles. The molecule has 0 fully saturated rings. The van der Waals surface area contributed by atoms with Gasteiger partial charge in [0.1, 0.15) is 4.90 Å². The predicted molar refractivity (Wildman–Crippen MR) is 122 cm³/mol. The van der Waals surface area contributed by atoms with Crippen molar-refractivity contribution < 1.29 is 9.79 Å². The van der Waals surface area contributed by atoms with Gasteiger partial charge in [0.25, 0.3) is 10.0 Å². The van der Waals surface area contributed by atoms with E-state index < -0.39 is 10.0 Å². The number of hydrogen-bond donors (Lipinski definition) is 1. The van der Waals surface area contributed by atoms with Crippen molar-refractivity contribution in [3.05, 3.63) is 76.8 Å². The van der Waals surface area contributed by atoms with Gasteiger partial charge >= 0.3 is 0 Å². The van der Waals surface area contributed by atoms with Crippen LogP contribution in [0, 0.1) is 13.8 Å². The van der Waals surface area contributed by atoms with Gasteiger partial charge in [-0.2, -0.15) is 0 Å². The average Bonchev–Trinajstić information content (AvgIpc) is 3.07. The fourth-order valence-electron chi connectivity index (χ4n) is 2.71. The Hall–Kier alpha value is -2.06. The highest BCUT2D eigenvalue weighted by atomic mass is 35.5. The molecule has 0 atom stereocenters. The second-order valence-corrected chi connectivity index (χ2v) is 10.9. The first-order valence-corrected chi connectivity index (χ1v) is 12.2. The standard InChI is InChI=1S/C21H17ClN2O2S3/c1-13-4-10-20(17(22)11-13)29(25,26)24-15-5-7-16(8-6-15)27-21-23-18-9-3-14(2)12-19(18)28-21/h3-12,24H,1-2H3/i4D. The summed E-state index contributed by atoms with van der Waals surface area (Å²) in [4.78, 5) is 5.48. The molecule has 0 aliphatic rings. The molecule has 29 heavy (non-hydrogen) atoms. The first-order chi connectivity index (χ1) is 14.2. The molecule has 0 saturated heterocycles. The first kappa shape index (κ1) is 18.9. The monoisotopic (exact) mass is 461 g/mol. The fourth-order valence-corrected chi connectivity index (χ4v) is 6.46. The third kappa shape index (κ3) is 4.59. The summed E-state index contributed by atoms with van der Waals surface area (Å²) in [7, 11) is -3.90. The van der Waals surface area contributed by atoms with Crippen LogP contribution in [0.1, 0.15) is 12.5 Å². The van der Waals surface area contributed by atoms with E-state index in [1.807, 2.05) is 24.3 Å². The van der Waals surface area contributed by atoms with Crippen molar-refractivity contribution in [2.24, 2.45) is 0 Å². The molecule has 0 spiro atoms. The van der Waals surface area contributed by atoms with E-state index in [-0.39, 0.29) is 16.0 Å². The Morgan fingerprint density at radius 2 is 1.83 bits per heavy atom. The van der Waals surface area contributed by atoms with Crippen molar-refractivity contribution >= 4 is 60.6 Å². The molecule has 4 nitrogen and oxygen atoms in total. The van der Waals surface area contributed by atoms with Crippen molar-refractivity contribution in [1.82, 2.24) is 4.98 Å². The summed E-state index contributed by atoms with van der Waals surface area (Å²) < 4.78 is 37.8. The number of benzene rings is 3. The molecule has 4 rings (SSSR count). The van der Waals surface area contributed by atoms with Crippen molar-refractivity contribution in [3.63, 3.8) is 0 Å². The molecule has 3 aromatic carbocycles. The van der Waals surface area contributed by atoms with Gasteiger partial charge in [-0.25, -0.2) is 13.4 Å². The molecule has 1 aromatic heterocycles. The molecule has 0 amide bonds. The lowest BCUT2D eigenvalue weighted by molar-refractivity contribution is 0.601. The van der Waals surface area contributed by atoms with Crippen LogP contribution in [0.3, 0.4) is 0 Å². The second-order valence-electron chi connectivity index (χ2n) is 6.51. The van der Waals surface area contributed by atoms with Gasteiger partial charge in [-0.3, -0.25) is 4.72 Å². The molecule has 4 aromatic rings. The molecule has 0 bridgehead atoms. The van der Waals surface area contributed by atoms with E-state index in [1.165, 1.54) is 29.5 Å². The molecule has 0 unspecified atom stereocenters. The maximum atomic E-state index is 12.7. The van der Waals surface area contributed by atoms with Crippen molar-refractivity contribution in [2.45, 2.75) is 28.0 Å². The van der Waals surface area contributed by atoms with Gasteiger partial charge in [0.15, 0.2) is 4.34 Å². The van der Waals surface area contributed by atoms with Gasteiger partial charge in [0.2, 0.25) is 0 Å². The highest BCUT2D eigenvalue weighted by molar-refractivity contribution is 8.01. The number of rotatable bonds is 5. The topological polar surface area (TPSA) is 59.1 Å². The van der Waals surface area contributed by atoms with Crippen molar-refractivity contribution in [2.75, 3.05) is 4.72 Å². The molecule has 0 radical (unpaired) electrons. The van der Waals surface area contributed by atoms with Crippen LogP contribution in [0.25, 0.3) is 10.2 Å². The lowest BCUT2D eigenvalue weighted by Gasteiger charge is -2.10. The number of thiazole rings is 1. The minimum absolute atomic E-state index is 0.0919. The third-order valence-corrected chi connectivity index (χ3v) is 8.07. The summed E-state index contributed by atoms with van der Waals surface area (Å²) in [5.74, 6) is 0. The zero-order chi connectivity index (χ0) is 21.5. The zero-order valence-electron chi connectivity index (χ0n) is 16.6. The van der Waals surface area contributed by atoms with Gasteiger partial charge in [0.05, 0.1) is 16.6 Å². The summed E-state index contributed by atoms with van der Waals surface area (Å²) in [6.45, 7) is 3.77. The average molecular weight is 462 g/mol. The highest BCUT2D eigenvalue weighted by Crippen LogP contribution is 2.35. The third-order valence-electron chi connectivity index (χ3n) is 4.14. The van der Waals surface area contributed by atoms with E-state index in [9.17, 15) is 8.42 Å². The summed E-state index contributed by atoms with van der Waals surface area (Å²) in [6.07, 6.45) is 0. The number of nitrogens with one attached hydrogen (secondary N) is 1. The van der Waals surface area contributed by atoms with Crippen LogP contribution >= 0.6 is 34.7 Å². The fraction of sp³-hybridized carbons (Fsp3) is 0.0952. The molecule has 0 aliphatic carbocycles. The van der Waals surface area contributed by atoms with Gasteiger partial charge in [-0.05, 0) is 73.5 Å². The van der Waals surface area contributed by atoms with E-state index in [0.717, 1.165) is 19.5 Å². The number of aryl methyl sites for hydroxylation is 2. The molecular weight excluding hydrogens is 444 g/mol. The second kappa shape index (κ2) is 7.99. The van der Waals surface area contributed by atoms with E-state index in [4.69, 9.17) is 13.0 Å². The van der Waals surface area contributed by atoms with Gasteiger partial charge < -0.3 is 0 Å². The molecule has 1 N–H and O–H groups in total. The smallest absolute Gasteiger partial charge is 0.263 e. The van der Waals surface area contributed by atoms with E-state index in [0.29, 0.717) is 11.3 Å². The Bertz CT molecular complexity index is 1350. The Labute approximate surface area is 184 Å². The number of nitrogens with zero attached hydrogens (tertiary/aromatic N) is 1. The maximum Gasteiger partial charge on any atom is 0.263 e. The predicted octanol–water partition coefficient (Wildman–Crippen LogP) is 6.52. The summed E-state index contributed by atoms with van der Waals surface area (Å²) in [5.41, 5.74) is 3.21. The van der Waals surface area contributed by atoms with E-state index in [2.05, 4.69) is 22.7 Å². The summed E-state index contributed by atoms with van der Waals surface area (Å²) in [5, 5.41) is 0.0919. The SMILES string of the molecule is [2H]c1cc(S(=O)(=O)Nc2ccc(Sc3nc4ccc(C)cc4s3)cc2)c(Cl)cc1C. The quantitative estimate of drug-likeness (QED) is 0.367. The number of fused-ring (bicyclic) bond motifs is 1. The van der Waals surface area contributed by atoms with Crippen LogP contribution in [0.15, 0.2) is 74.8 Å². The van der Waals surface area contributed by atoms with Gasteiger partial charge in [0, 0.05) is 10.6 Å². The lowest BCUT2D eigenvalue weighted by atomic mass is 10.2. The normalized spacial score (nSPS) is 12.2. The molecule has 0 aliphatic heterocycles. The number of anilines is 1. The van der Waals surface area contributed by atoms with Crippen LogP contribution in [0.5, 0.6) is 0 Å². The van der Waals surface area contributed by atoms with Crippen LogP contribution in [0.4, 0.5) is 5.69 Å². The minimum atomic E-state index is -3.90. The zero-order valence-corrected chi connectivity index (χ0v) is 18.8. The van der Waals surface area contributed by atoms with Gasteiger partial charge in [-0.15, -0.1) is 11.3 Å². The van der Waals surface area contributed by atoms with E-state index in [1.54, 1.807) is 30.4 Å². The Kier molecular flexibility index (Phi) is 5.22. The number of halogens is 1. The van der Waals surface area contributed by atoms with Crippen LogP contribution in [-0.4, -0.2) is 13.4 Å². The number of sulfonamides is 1. The summed E-state index contributed by atoms with van der Waals surface area (Å²) in [6, 6.07) is 16.1.